The molecule has 0 atom stereocenters. The summed E-state index contributed by atoms with van der Waals surface area (Å²) >= 11 is 1.55. The minimum absolute atomic E-state index is 0.0572. The number of hydrogen-bond donors (Lipinski definition) is 2. The number of thiazole rings is 1. The first kappa shape index (κ1) is 8.66. The van der Waals surface area contributed by atoms with Gasteiger partial charge in [-0.1, -0.05) is 0 Å². The Kier molecular flexibility index (Phi) is 2.76. The molecule has 0 radical (unpaired) electrons. The second-order valence-electron chi connectivity index (χ2n) is 2.06. The topological polar surface area (TPSA) is 89.6 Å². The van der Waals surface area contributed by atoms with E-state index in [-0.39, 0.29) is 5.96 Å². The van der Waals surface area contributed by atoms with Gasteiger partial charge in [-0.2, -0.15) is 5.10 Å². The monoisotopic (exact) mass is 183 g/mol. The van der Waals surface area contributed by atoms with E-state index in [2.05, 4.69) is 15.2 Å². The van der Waals surface area contributed by atoms with E-state index in [1.165, 1.54) is 6.21 Å². The van der Waals surface area contributed by atoms with Crippen molar-refractivity contribution in [3.8, 4) is 0 Å². The molecule has 0 amide bonds. The summed E-state index contributed by atoms with van der Waals surface area (Å²) in [6, 6.07) is 0. The first-order chi connectivity index (χ1) is 5.68. The maximum atomic E-state index is 5.06. The quantitative estimate of drug-likeness (QED) is 0.386. The van der Waals surface area contributed by atoms with Gasteiger partial charge < -0.3 is 11.5 Å². The molecule has 0 fully saturated rings. The second-order valence-corrected chi connectivity index (χ2v) is 3.12. The lowest BCUT2D eigenvalue weighted by Gasteiger charge is -1.82. The van der Waals surface area contributed by atoms with Crippen LogP contribution in [0.3, 0.4) is 0 Å². The highest BCUT2D eigenvalue weighted by Gasteiger charge is 1.91. The number of hydrogen-bond acceptors (Lipinski definition) is 4. The number of nitrogens with zero attached hydrogens (tertiary/aromatic N) is 3. The SMILES string of the molecule is Cc1nc(/C=N/N=C(N)N)cs1. The highest BCUT2D eigenvalue weighted by Crippen LogP contribution is 2.05. The van der Waals surface area contributed by atoms with Gasteiger partial charge in [0.2, 0.25) is 5.96 Å². The fourth-order valence-corrected chi connectivity index (χ4v) is 1.16. The molecular formula is C6H9N5S. The van der Waals surface area contributed by atoms with Gasteiger partial charge in [-0.25, -0.2) is 4.98 Å². The van der Waals surface area contributed by atoms with Crippen molar-refractivity contribution < 1.29 is 0 Å². The molecule has 4 N–H and O–H groups in total. The molecule has 1 aromatic rings. The molecular weight excluding hydrogens is 174 g/mol. The Balaban J connectivity index is 2.64. The smallest absolute Gasteiger partial charge is 0.211 e. The Hall–Kier alpha value is -1.43. The van der Waals surface area contributed by atoms with Gasteiger partial charge in [0.25, 0.3) is 0 Å². The molecule has 0 aromatic carbocycles. The van der Waals surface area contributed by atoms with Crippen LogP contribution < -0.4 is 11.5 Å². The van der Waals surface area contributed by atoms with E-state index >= 15 is 0 Å². The zero-order valence-electron chi connectivity index (χ0n) is 6.56. The third kappa shape index (κ3) is 2.67. The van der Waals surface area contributed by atoms with E-state index in [4.69, 9.17) is 11.5 Å². The molecule has 0 spiro atoms. The highest BCUT2D eigenvalue weighted by atomic mass is 32.1. The number of nitrogens with two attached hydrogens (primary N) is 2. The Morgan fingerprint density at radius 3 is 2.92 bits per heavy atom. The fourth-order valence-electron chi connectivity index (χ4n) is 0.594. The Bertz CT molecular complexity index is 309. The van der Waals surface area contributed by atoms with E-state index in [9.17, 15) is 0 Å². The summed E-state index contributed by atoms with van der Waals surface area (Å²) in [7, 11) is 0. The predicted octanol–water partition coefficient (Wildman–Crippen LogP) is 0.0588. The van der Waals surface area contributed by atoms with Crippen LogP contribution in [0.4, 0.5) is 0 Å². The first-order valence-corrected chi connectivity index (χ1v) is 4.10. The average Bonchev–Trinajstić information content (AvgIpc) is 2.35. The van der Waals surface area contributed by atoms with Crippen molar-refractivity contribution >= 4 is 23.5 Å². The lowest BCUT2D eigenvalue weighted by atomic mass is 10.5. The van der Waals surface area contributed by atoms with Crippen molar-refractivity contribution in [3.05, 3.63) is 16.1 Å². The molecule has 0 bridgehead atoms. The van der Waals surface area contributed by atoms with Crippen molar-refractivity contribution in [1.29, 1.82) is 0 Å². The summed E-state index contributed by atoms with van der Waals surface area (Å²) in [6.45, 7) is 1.92. The minimum atomic E-state index is -0.0572. The predicted molar refractivity (Wildman–Crippen MR) is 50.3 cm³/mol. The van der Waals surface area contributed by atoms with E-state index in [1.54, 1.807) is 11.3 Å². The third-order valence-corrected chi connectivity index (χ3v) is 1.79. The molecule has 0 aliphatic carbocycles. The van der Waals surface area contributed by atoms with Crippen molar-refractivity contribution in [2.45, 2.75) is 6.92 Å². The van der Waals surface area contributed by atoms with Gasteiger partial charge in [0.1, 0.15) is 0 Å². The number of guanidine groups is 1. The Labute approximate surface area is 73.8 Å². The van der Waals surface area contributed by atoms with E-state index < -0.39 is 0 Å². The van der Waals surface area contributed by atoms with Crippen LogP contribution in [-0.2, 0) is 0 Å². The van der Waals surface area contributed by atoms with Crippen LogP contribution in [0.5, 0.6) is 0 Å². The van der Waals surface area contributed by atoms with E-state index in [0.717, 1.165) is 10.7 Å². The molecule has 64 valence electrons. The third-order valence-electron chi connectivity index (χ3n) is 1.000. The Morgan fingerprint density at radius 2 is 2.42 bits per heavy atom. The minimum Gasteiger partial charge on any atom is -0.369 e. The van der Waals surface area contributed by atoms with Crippen LogP contribution in [0.25, 0.3) is 0 Å². The zero-order valence-corrected chi connectivity index (χ0v) is 7.38. The molecule has 5 nitrogen and oxygen atoms in total. The largest absolute Gasteiger partial charge is 0.369 e. The second kappa shape index (κ2) is 3.82. The first-order valence-electron chi connectivity index (χ1n) is 3.22. The summed E-state index contributed by atoms with van der Waals surface area (Å²) in [5, 5.41) is 9.91. The molecule has 12 heavy (non-hydrogen) atoms. The maximum absolute atomic E-state index is 5.06. The maximum Gasteiger partial charge on any atom is 0.211 e. The summed E-state index contributed by atoms with van der Waals surface area (Å²) in [6.07, 6.45) is 1.50. The molecule has 6 heteroatoms. The molecule has 0 aliphatic heterocycles. The van der Waals surface area contributed by atoms with Gasteiger partial charge in [0, 0.05) is 5.38 Å². The number of aryl methyl sites for hydroxylation is 1. The van der Waals surface area contributed by atoms with Crippen molar-refractivity contribution in [2.75, 3.05) is 0 Å². The van der Waals surface area contributed by atoms with Crippen molar-refractivity contribution in [1.82, 2.24) is 4.98 Å². The zero-order chi connectivity index (χ0) is 8.97. The standard InChI is InChI=1S/C6H9N5S/c1-4-10-5(3-12-4)2-9-11-6(7)8/h2-3H,1H3,(H4,7,8,11)/b9-2+. The van der Waals surface area contributed by atoms with Gasteiger partial charge in [0.05, 0.1) is 16.9 Å². The molecule has 0 unspecified atom stereocenters. The van der Waals surface area contributed by atoms with Gasteiger partial charge in [-0.15, -0.1) is 16.4 Å². The molecule has 1 rings (SSSR count). The Morgan fingerprint density at radius 1 is 1.67 bits per heavy atom. The van der Waals surface area contributed by atoms with Crippen molar-refractivity contribution in [3.63, 3.8) is 0 Å². The highest BCUT2D eigenvalue weighted by molar-refractivity contribution is 7.09. The van der Waals surface area contributed by atoms with E-state index in [0.29, 0.717) is 0 Å². The average molecular weight is 183 g/mol. The van der Waals surface area contributed by atoms with E-state index in [1.807, 2.05) is 12.3 Å². The molecule has 1 heterocycles. The molecule has 0 saturated carbocycles. The van der Waals surface area contributed by atoms with Gasteiger partial charge in [-0.3, -0.25) is 0 Å². The summed E-state index contributed by atoms with van der Waals surface area (Å²) in [4.78, 5) is 4.13. The molecule has 0 aliphatic rings. The fraction of sp³-hybridized carbons (Fsp3) is 0.167. The van der Waals surface area contributed by atoms with Gasteiger partial charge in [0.15, 0.2) is 0 Å². The van der Waals surface area contributed by atoms with Crippen molar-refractivity contribution in [2.24, 2.45) is 21.7 Å². The van der Waals surface area contributed by atoms with Crippen LogP contribution in [0.15, 0.2) is 15.6 Å². The van der Waals surface area contributed by atoms with Gasteiger partial charge >= 0.3 is 0 Å². The van der Waals surface area contributed by atoms with Crippen LogP contribution in [0.2, 0.25) is 0 Å². The van der Waals surface area contributed by atoms with Gasteiger partial charge in [-0.05, 0) is 6.92 Å². The van der Waals surface area contributed by atoms with Crippen LogP contribution in [0.1, 0.15) is 10.7 Å². The van der Waals surface area contributed by atoms with Crippen LogP contribution in [0, 0.1) is 6.92 Å². The lowest BCUT2D eigenvalue weighted by molar-refractivity contribution is 1.20. The summed E-state index contributed by atoms with van der Waals surface area (Å²) < 4.78 is 0. The molecule has 0 saturated heterocycles. The summed E-state index contributed by atoms with van der Waals surface area (Å²) in [5.74, 6) is -0.0572. The lowest BCUT2D eigenvalue weighted by Crippen LogP contribution is -2.21. The van der Waals surface area contributed by atoms with Crippen LogP contribution >= 0.6 is 11.3 Å². The normalized spacial score (nSPS) is 10.4. The molecule has 1 aromatic heterocycles. The van der Waals surface area contributed by atoms with Crippen LogP contribution in [-0.4, -0.2) is 17.2 Å². The number of aromatic nitrogens is 1. The number of rotatable bonds is 2. The summed E-state index contributed by atoms with van der Waals surface area (Å²) in [5.41, 5.74) is 10.9.